The summed E-state index contributed by atoms with van der Waals surface area (Å²) in [5, 5.41) is 10.5. The van der Waals surface area contributed by atoms with E-state index in [1.807, 2.05) is 51.0 Å². The number of hydrogen-bond donors (Lipinski definition) is 3. The number of halogens is 2. The van der Waals surface area contributed by atoms with Crippen LogP contribution in [-0.2, 0) is 46.3 Å². The van der Waals surface area contributed by atoms with E-state index in [1.54, 1.807) is 0 Å². The highest BCUT2D eigenvalue weighted by Gasteiger charge is 2.28. The molecule has 0 amide bonds. The number of hydrogen-bond acceptors (Lipinski definition) is 7. The molecule has 5 aromatic rings. The first kappa shape index (κ1) is 38.6. The van der Waals surface area contributed by atoms with Crippen molar-refractivity contribution in [2.75, 3.05) is 0 Å². The minimum absolute atomic E-state index is 0.320. The summed E-state index contributed by atoms with van der Waals surface area (Å²) in [4.78, 5) is 17.9. The van der Waals surface area contributed by atoms with Gasteiger partial charge in [0.15, 0.2) is 11.6 Å². The van der Waals surface area contributed by atoms with Crippen molar-refractivity contribution in [3.63, 3.8) is 0 Å². The maximum absolute atomic E-state index is 14.7. The summed E-state index contributed by atoms with van der Waals surface area (Å²) in [6, 6.07) is 4.89. The summed E-state index contributed by atoms with van der Waals surface area (Å²) in [6.07, 6.45) is 28.3. The molecular weight excluding hydrogens is 707 g/mol. The van der Waals surface area contributed by atoms with Gasteiger partial charge in [0.25, 0.3) is 0 Å². The third-order valence-electron chi connectivity index (χ3n) is 12.7. The second-order valence-corrected chi connectivity index (χ2v) is 17.2. The van der Waals surface area contributed by atoms with E-state index in [9.17, 15) is 8.78 Å². The van der Waals surface area contributed by atoms with Gasteiger partial charge in [-0.25, -0.2) is 28.7 Å². The van der Waals surface area contributed by atoms with E-state index < -0.39 is 0 Å². The number of aromatic nitrogens is 8. The van der Waals surface area contributed by atoms with Crippen LogP contribution < -0.4 is 11.1 Å². The second kappa shape index (κ2) is 17.5. The Morgan fingerprint density at radius 3 is 1.59 bits per heavy atom. The van der Waals surface area contributed by atoms with E-state index >= 15 is 0 Å². The molecule has 298 valence electrons. The van der Waals surface area contributed by atoms with Gasteiger partial charge in [-0.05, 0) is 126 Å². The van der Waals surface area contributed by atoms with Crippen LogP contribution >= 0.6 is 0 Å². The van der Waals surface area contributed by atoms with Gasteiger partial charge in [0.05, 0.1) is 18.6 Å². The van der Waals surface area contributed by atoms with Gasteiger partial charge in [0.1, 0.15) is 23.0 Å². The van der Waals surface area contributed by atoms with Crippen LogP contribution in [0.25, 0.3) is 22.5 Å². The van der Waals surface area contributed by atoms with E-state index in [2.05, 4.69) is 39.6 Å². The van der Waals surface area contributed by atoms with Crippen molar-refractivity contribution >= 4 is 0 Å². The summed E-state index contributed by atoms with van der Waals surface area (Å²) < 4.78 is 33.4. The Morgan fingerprint density at radius 2 is 1.12 bits per heavy atom. The highest BCUT2D eigenvalue weighted by Crippen LogP contribution is 2.38. The summed E-state index contributed by atoms with van der Waals surface area (Å²) in [7, 11) is 4.08. The van der Waals surface area contributed by atoms with Gasteiger partial charge in [-0.2, -0.15) is 5.10 Å². The molecule has 4 fully saturated rings. The number of nitrogens with two attached hydrogens (primary N) is 1. The molecule has 4 aliphatic rings. The molecule has 5 aromatic heterocycles. The minimum Gasteiger partial charge on any atom is -0.354 e. The fourth-order valence-corrected chi connectivity index (χ4v) is 8.75. The molecule has 0 bridgehead atoms. The zero-order valence-corrected chi connectivity index (χ0v) is 33.1. The lowest BCUT2D eigenvalue weighted by Crippen LogP contribution is -2.33. The lowest BCUT2D eigenvalue weighted by Gasteiger charge is -2.28. The molecule has 5 heterocycles. The quantitative estimate of drug-likeness (QED) is 0.112. The summed E-state index contributed by atoms with van der Waals surface area (Å²) >= 11 is 0. The Hall–Kier alpha value is -4.29. The lowest BCUT2D eigenvalue weighted by atomic mass is 9.84. The maximum Gasteiger partial charge on any atom is 0.167 e. The number of nitrogens with one attached hydrogen (secondary N) is 2. The molecule has 0 unspecified atom stereocenters. The highest BCUT2D eigenvalue weighted by molar-refractivity contribution is 5.64. The molecule has 56 heavy (non-hydrogen) atoms. The number of aromatic amines is 1. The Balaban J connectivity index is 0.000000161. The molecule has 0 spiro atoms. The van der Waals surface area contributed by atoms with E-state index in [1.165, 1.54) is 55.0 Å². The number of nitrogens with zero attached hydrogens (tertiary/aromatic N) is 7. The zero-order valence-electron chi connectivity index (χ0n) is 33.1. The molecule has 4 N–H and O–H groups in total. The van der Waals surface area contributed by atoms with Gasteiger partial charge in [-0.15, -0.1) is 0 Å². The standard InChI is InChI=1S/C24H31FN6.C20H27FN4/c1-31-9-8-20(22(31)10-16-2-3-16)24-21(25)15-27-23(30-24)11-17-4-6-19(7-5-17)26-12-18-13-28-29-14-18;1-25-9-8-16(18(25)10-13-2-3-13)20-17(21)12-23-19(24-20)11-14-4-6-15(22)7-5-14/h8-9,13-17,19,26H,2-7,10-12H2,1H3,(H,28,29);8-9,12-15H,2-7,10-11,22H2,1H3. The van der Waals surface area contributed by atoms with E-state index in [0.29, 0.717) is 35.3 Å². The molecule has 0 aliphatic heterocycles. The Bertz CT molecular complexity index is 2030. The van der Waals surface area contributed by atoms with Gasteiger partial charge < -0.3 is 20.2 Å². The van der Waals surface area contributed by atoms with Crippen LogP contribution in [0, 0.1) is 35.3 Å². The molecular formula is C44H58F2N10. The normalized spacial score (nSPS) is 22.5. The monoisotopic (exact) mass is 764 g/mol. The van der Waals surface area contributed by atoms with Crippen LogP contribution in [0.2, 0.25) is 0 Å². The highest BCUT2D eigenvalue weighted by atomic mass is 19.1. The SMILES string of the molecule is Cn1ccc(-c2nc(CC3CCC(N)CC3)ncc2F)c1CC1CC1.Cn1ccc(-c2nc(CC3CCC(NCc4cn[nH]c4)CC3)ncc2F)c1CC1CC1. The topological polar surface area (TPSA) is 128 Å². The zero-order chi connectivity index (χ0) is 38.6. The first-order valence-corrected chi connectivity index (χ1v) is 21.0. The van der Waals surface area contributed by atoms with E-state index in [-0.39, 0.29) is 11.6 Å². The van der Waals surface area contributed by atoms with Crippen molar-refractivity contribution in [2.24, 2.45) is 43.5 Å². The molecule has 10 nitrogen and oxygen atoms in total. The number of rotatable bonds is 13. The van der Waals surface area contributed by atoms with Gasteiger partial charge in [0, 0.05) is 92.2 Å². The third-order valence-corrected chi connectivity index (χ3v) is 12.7. The van der Waals surface area contributed by atoms with Crippen LogP contribution in [-0.4, -0.2) is 51.4 Å². The van der Waals surface area contributed by atoms with E-state index in [0.717, 1.165) is 118 Å². The average Bonchev–Trinajstić information content (AvgIpc) is 4.08. The smallest absolute Gasteiger partial charge is 0.167 e. The molecule has 0 atom stereocenters. The number of H-pyrrole nitrogens is 1. The lowest BCUT2D eigenvalue weighted by molar-refractivity contribution is 0.286. The molecule has 0 aromatic carbocycles. The molecule has 4 aliphatic carbocycles. The van der Waals surface area contributed by atoms with Crippen LogP contribution in [0.3, 0.4) is 0 Å². The summed E-state index contributed by atoms with van der Waals surface area (Å²) in [5.74, 6) is 3.52. The Labute approximate surface area is 329 Å². The fraction of sp³-hybridized carbons (Fsp3) is 0.568. The van der Waals surface area contributed by atoms with Gasteiger partial charge >= 0.3 is 0 Å². The molecule has 12 heteroatoms. The van der Waals surface area contributed by atoms with Crippen molar-refractivity contribution in [1.29, 1.82) is 0 Å². The van der Waals surface area contributed by atoms with Crippen LogP contribution in [0.15, 0.2) is 49.3 Å². The molecule has 0 radical (unpaired) electrons. The summed E-state index contributed by atoms with van der Waals surface area (Å²) in [6.45, 7) is 0.858. The van der Waals surface area contributed by atoms with Gasteiger partial charge in [0.2, 0.25) is 0 Å². The van der Waals surface area contributed by atoms with Crippen LogP contribution in [0.1, 0.15) is 106 Å². The predicted octanol–water partition coefficient (Wildman–Crippen LogP) is 7.82. The largest absolute Gasteiger partial charge is 0.354 e. The van der Waals surface area contributed by atoms with Crippen molar-refractivity contribution in [3.05, 3.63) is 89.5 Å². The Kier molecular flexibility index (Phi) is 12.0. The first-order valence-electron chi connectivity index (χ1n) is 21.0. The predicted molar refractivity (Wildman–Crippen MR) is 214 cm³/mol. The minimum atomic E-state index is -0.322. The van der Waals surface area contributed by atoms with Gasteiger partial charge in [-0.3, -0.25) is 5.10 Å². The Morgan fingerprint density at radius 1 is 0.661 bits per heavy atom. The fourth-order valence-electron chi connectivity index (χ4n) is 8.75. The average molecular weight is 765 g/mol. The molecule has 9 rings (SSSR count). The molecule has 0 saturated heterocycles. The maximum atomic E-state index is 14.7. The second-order valence-electron chi connectivity index (χ2n) is 17.2. The van der Waals surface area contributed by atoms with Crippen molar-refractivity contribution < 1.29 is 8.78 Å². The van der Waals surface area contributed by atoms with Crippen molar-refractivity contribution in [3.8, 4) is 22.5 Å². The van der Waals surface area contributed by atoms with Crippen molar-refractivity contribution in [2.45, 2.75) is 121 Å². The third kappa shape index (κ3) is 9.80. The summed E-state index contributed by atoms with van der Waals surface area (Å²) in [5.41, 5.74) is 12.4. The molecule has 4 saturated carbocycles. The van der Waals surface area contributed by atoms with Crippen LogP contribution in [0.4, 0.5) is 8.78 Å². The van der Waals surface area contributed by atoms with Crippen LogP contribution in [0.5, 0.6) is 0 Å². The van der Waals surface area contributed by atoms with Crippen molar-refractivity contribution in [1.82, 2.24) is 44.6 Å². The first-order chi connectivity index (χ1) is 27.3. The van der Waals surface area contributed by atoms with Gasteiger partial charge in [-0.1, -0.05) is 0 Å². The van der Waals surface area contributed by atoms with E-state index in [4.69, 9.17) is 10.7 Å². The number of aryl methyl sites for hydroxylation is 2.